The lowest BCUT2D eigenvalue weighted by molar-refractivity contribution is 0.0951. The van der Waals surface area contributed by atoms with E-state index >= 15 is 0 Å². The maximum absolute atomic E-state index is 13.1. The number of H-pyrrole nitrogens is 1. The van der Waals surface area contributed by atoms with Gasteiger partial charge in [-0.05, 0) is 37.6 Å². The van der Waals surface area contributed by atoms with Crippen molar-refractivity contribution in [3.63, 3.8) is 0 Å². The number of rotatable bonds is 6. The number of nitrogens with one attached hydrogen (secondary N) is 2. The van der Waals surface area contributed by atoms with Crippen molar-refractivity contribution in [2.45, 2.75) is 19.9 Å². The minimum atomic E-state index is -0.498. The van der Waals surface area contributed by atoms with Crippen LogP contribution in [-0.2, 0) is 6.54 Å². The largest absolute Gasteiger partial charge is 0.360 e. The van der Waals surface area contributed by atoms with Crippen LogP contribution in [0.3, 0.4) is 0 Å². The van der Waals surface area contributed by atoms with Crippen LogP contribution in [0.25, 0.3) is 11.3 Å². The molecule has 0 radical (unpaired) electrons. The first kappa shape index (κ1) is 18.3. The summed E-state index contributed by atoms with van der Waals surface area (Å²) in [6.45, 7) is 2.26. The molecule has 3 rings (SSSR count). The summed E-state index contributed by atoms with van der Waals surface area (Å²) in [7, 11) is 0. The Labute approximate surface area is 152 Å². The van der Waals surface area contributed by atoms with E-state index in [-0.39, 0.29) is 17.3 Å². The van der Waals surface area contributed by atoms with Crippen LogP contribution in [0.15, 0.2) is 50.6 Å². The fourth-order valence-corrected chi connectivity index (χ4v) is 2.60. The number of halogens is 1. The number of aromatic amines is 1. The first-order valence-electron chi connectivity index (χ1n) is 8.26. The molecule has 27 heavy (non-hydrogen) atoms. The van der Waals surface area contributed by atoms with Gasteiger partial charge in [0.1, 0.15) is 22.8 Å². The van der Waals surface area contributed by atoms with Crippen molar-refractivity contribution in [2.24, 2.45) is 0 Å². The van der Waals surface area contributed by atoms with Gasteiger partial charge >= 0.3 is 5.69 Å². The third-order valence-electron chi connectivity index (χ3n) is 3.97. The number of hydrogen-bond donors (Lipinski definition) is 2. The molecule has 0 atom stereocenters. The van der Waals surface area contributed by atoms with Gasteiger partial charge in [0.2, 0.25) is 0 Å². The number of hydrogen-bond acceptors (Lipinski definition) is 5. The lowest BCUT2D eigenvalue weighted by atomic mass is 10.1. The highest BCUT2D eigenvalue weighted by molar-refractivity contribution is 6.00. The van der Waals surface area contributed by atoms with Gasteiger partial charge in [-0.2, -0.15) is 0 Å². The monoisotopic (exact) mass is 372 g/mol. The molecule has 2 N–H and O–H groups in total. The Morgan fingerprint density at radius 1 is 1.26 bits per heavy atom. The molecule has 0 saturated heterocycles. The van der Waals surface area contributed by atoms with Gasteiger partial charge < -0.3 is 14.4 Å². The lowest BCUT2D eigenvalue weighted by Gasteiger charge is -2.07. The number of nitrogens with zero attached hydrogens (tertiary/aromatic N) is 2. The van der Waals surface area contributed by atoms with Crippen LogP contribution in [0.2, 0.25) is 0 Å². The number of aryl methyl sites for hydroxylation is 2. The van der Waals surface area contributed by atoms with E-state index in [1.54, 1.807) is 6.92 Å². The van der Waals surface area contributed by atoms with Crippen molar-refractivity contribution < 1.29 is 13.7 Å². The van der Waals surface area contributed by atoms with Gasteiger partial charge in [0.25, 0.3) is 11.5 Å². The van der Waals surface area contributed by atoms with Crippen LogP contribution in [-0.4, -0.2) is 27.2 Å². The zero-order valence-corrected chi connectivity index (χ0v) is 14.5. The van der Waals surface area contributed by atoms with Gasteiger partial charge in [0.15, 0.2) is 0 Å². The van der Waals surface area contributed by atoms with Crippen molar-refractivity contribution in [1.82, 2.24) is 20.0 Å². The third-order valence-corrected chi connectivity index (χ3v) is 3.97. The molecule has 0 fully saturated rings. The summed E-state index contributed by atoms with van der Waals surface area (Å²) in [4.78, 5) is 37.3. The fourth-order valence-electron chi connectivity index (χ4n) is 2.60. The molecule has 2 aromatic heterocycles. The van der Waals surface area contributed by atoms with Gasteiger partial charge in [-0.1, -0.05) is 5.16 Å². The molecular formula is C18H17FN4O4. The minimum Gasteiger partial charge on any atom is -0.360 e. The normalized spacial score (nSPS) is 10.7. The van der Waals surface area contributed by atoms with Crippen molar-refractivity contribution in [3.05, 3.63) is 74.5 Å². The molecule has 0 spiro atoms. The highest BCUT2D eigenvalue weighted by Crippen LogP contribution is 2.25. The second-order valence-corrected chi connectivity index (χ2v) is 5.88. The van der Waals surface area contributed by atoms with Gasteiger partial charge in [-0.3, -0.25) is 14.6 Å². The highest BCUT2D eigenvalue weighted by Gasteiger charge is 2.21. The highest BCUT2D eigenvalue weighted by atomic mass is 19.1. The molecule has 1 aromatic carbocycles. The summed E-state index contributed by atoms with van der Waals surface area (Å²) in [5.74, 6) is -0.409. The summed E-state index contributed by atoms with van der Waals surface area (Å²) in [6.07, 6.45) is 1.88. The second-order valence-electron chi connectivity index (χ2n) is 5.88. The van der Waals surface area contributed by atoms with Crippen molar-refractivity contribution in [3.8, 4) is 11.3 Å². The molecule has 9 heteroatoms. The summed E-state index contributed by atoms with van der Waals surface area (Å²) >= 11 is 0. The van der Waals surface area contributed by atoms with E-state index in [2.05, 4.69) is 15.5 Å². The average Bonchev–Trinajstić information content (AvgIpc) is 3.02. The number of carbonyl (C=O) groups is 1. The molecule has 0 aliphatic carbocycles. The SMILES string of the molecule is Cc1onc(-c2ccc(F)cc2)c1C(=O)NCCCn1ccc(=O)[nH]c1=O. The predicted octanol–water partition coefficient (Wildman–Crippen LogP) is 1.46. The van der Waals surface area contributed by atoms with Crippen LogP contribution in [0.4, 0.5) is 4.39 Å². The first-order valence-corrected chi connectivity index (χ1v) is 8.26. The van der Waals surface area contributed by atoms with Gasteiger partial charge in [0, 0.05) is 30.9 Å². The number of aromatic nitrogens is 3. The first-order chi connectivity index (χ1) is 13.0. The topological polar surface area (TPSA) is 110 Å². The fraction of sp³-hybridized carbons (Fsp3) is 0.222. The lowest BCUT2D eigenvalue weighted by Crippen LogP contribution is -2.30. The Balaban J connectivity index is 1.65. The van der Waals surface area contributed by atoms with E-state index in [4.69, 9.17) is 4.52 Å². The maximum Gasteiger partial charge on any atom is 0.328 e. The maximum atomic E-state index is 13.1. The second kappa shape index (κ2) is 7.81. The molecule has 0 aliphatic rings. The van der Waals surface area contributed by atoms with Crippen molar-refractivity contribution in [1.29, 1.82) is 0 Å². The van der Waals surface area contributed by atoms with Gasteiger partial charge in [-0.15, -0.1) is 0 Å². The van der Waals surface area contributed by atoms with Crippen LogP contribution in [0, 0.1) is 12.7 Å². The van der Waals surface area contributed by atoms with E-state index in [0.29, 0.717) is 36.5 Å². The quantitative estimate of drug-likeness (QED) is 0.637. The van der Waals surface area contributed by atoms with E-state index in [1.807, 2.05) is 0 Å². The Bertz CT molecular complexity index is 1070. The molecule has 3 aromatic rings. The van der Waals surface area contributed by atoms with Crippen molar-refractivity contribution >= 4 is 5.91 Å². The summed E-state index contributed by atoms with van der Waals surface area (Å²) in [5.41, 5.74) is 0.228. The van der Waals surface area contributed by atoms with E-state index in [1.165, 1.54) is 41.1 Å². The number of amides is 1. The molecule has 1 amide bonds. The molecular weight excluding hydrogens is 355 g/mol. The molecule has 140 valence electrons. The summed E-state index contributed by atoms with van der Waals surface area (Å²) in [5, 5.41) is 6.64. The van der Waals surface area contributed by atoms with Crippen LogP contribution >= 0.6 is 0 Å². The Hall–Kier alpha value is -3.49. The van der Waals surface area contributed by atoms with Crippen LogP contribution in [0.1, 0.15) is 22.5 Å². The smallest absolute Gasteiger partial charge is 0.328 e. The molecule has 0 aliphatic heterocycles. The zero-order valence-electron chi connectivity index (χ0n) is 14.5. The predicted molar refractivity (Wildman–Crippen MR) is 94.9 cm³/mol. The minimum absolute atomic E-state index is 0.280. The van der Waals surface area contributed by atoms with Gasteiger partial charge in [0.05, 0.1) is 0 Å². The molecule has 2 heterocycles. The molecule has 8 nitrogen and oxygen atoms in total. The number of carbonyl (C=O) groups excluding carboxylic acids is 1. The van der Waals surface area contributed by atoms with E-state index < -0.39 is 11.2 Å². The average molecular weight is 372 g/mol. The Kier molecular flexibility index (Phi) is 5.30. The van der Waals surface area contributed by atoms with Crippen LogP contribution in [0.5, 0.6) is 0 Å². The Morgan fingerprint density at radius 3 is 2.70 bits per heavy atom. The number of benzene rings is 1. The van der Waals surface area contributed by atoms with E-state index in [0.717, 1.165) is 0 Å². The Morgan fingerprint density at radius 2 is 2.00 bits per heavy atom. The summed E-state index contributed by atoms with van der Waals surface area (Å²) in [6, 6.07) is 6.86. The molecule has 0 bridgehead atoms. The zero-order chi connectivity index (χ0) is 19.4. The van der Waals surface area contributed by atoms with Crippen molar-refractivity contribution in [2.75, 3.05) is 6.54 Å². The van der Waals surface area contributed by atoms with Crippen LogP contribution < -0.4 is 16.6 Å². The van der Waals surface area contributed by atoms with E-state index in [9.17, 15) is 18.8 Å². The third kappa shape index (κ3) is 4.20. The molecule has 0 saturated carbocycles. The van der Waals surface area contributed by atoms with Gasteiger partial charge in [-0.25, -0.2) is 9.18 Å². The summed E-state index contributed by atoms with van der Waals surface area (Å²) < 4.78 is 19.6. The standard InChI is InChI=1S/C18H17FN4O4/c1-11-15(16(22-27-11)12-3-5-13(19)6-4-12)17(25)20-8-2-9-23-10-7-14(24)21-18(23)26/h3-7,10H,2,8-9H2,1H3,(H,20,25)(H,21,24,26). The molecule has 0 unspecified atom stereocenters.